The van der Waals surface area contributed by atoms with Crippen molar-refractivity contribution >= 4 is 11.8 Å². The first-order valence-corrected chi connectivity index (χ1v) is 8.32. The maximum Gasteiger partial charge on any atom is 0.316 e. The van der Waals surface area contributed by atoms with Crippen LogP contribution in [0.5, 0.6) is 0 Å². The van der Waals surface area contributed by atoms with Gasteiger partial charge >= 0.3 is 5.97 Å². The van der Waals surface area contributed by atoms with E-state index in [0.717, 1.165) is 24.8 Å². The highest BCUT2D eigenvalue weighted by Crippen LogP contribution is 2.31. The monoisotopic (exact) mass is 302 g/mol. The van der Waals surface area contributed by atoms with Crippen LogP contribution in [0, 0.1) is 11.8 Å². The number of Topliss-reactive ketones (excluding diaryl/α,β-unsaturated/α-hetero) is 1. The van der Waals surface area contributed by atoms with Crippen LogP contribution in [0.1, 0.15) is 57.1 Å². The highest BCUT2D eigenvalue weighted by molar-refractivity contribution is 6.00. The molecule has 1 unspecified atom stereocenters. The van der Waals surface area contributed by atoms with Gasteiger partial charge in [-0.15, -0.1) is 0 Å². The molecule has 0 spiro atoms. The van der Waals surface area contributed by atoms with Crippen LogP contribution in [0.2, 0.25) is 0 Å². The number of benzene rings is 1. The summed E-state index contributed by atoms with van der Waals surface area (Å²) in [7, 11) is 0. The third kappa shape index (κ3) is 3.96. The van der Waals surface area contributed by atoms with Gasteiger partial charge in [-0.1, -0.05) is 44.5 Å². The molecule has 1 saturated carbocycles. The molecular formula is C19H26O3. The fourth-order valence-corrected chi connectivity index (χ4v) is 2.84. The smallest absolute Gasteiger partial charge is 0.316 e. The van der Waals surface area contributed by atoms with E-state index in [9.17, 15) is 9.59 Å². The predicted octanol–water partition coefficient (Wildman–Crippen LogP) is 3.90. The lowest BCUT2D eigenvalue weighted by Crippen LogP contribution is -2.35. The van der Waals surface area contributed by atoms with Gasteiger partial charge in [0.15, 0.2) is 5.78 Å². The number of esters is 1. The second-order valence-corrected chi connectivity index (χ2v) is 6.44. The Kier molecular flexibility index (Phi) is 5.76. The van der Waals surface area contributed by atoms with Crippen LogP contribution >= 0.6 is 0 Å². The van der Waals surface area contributed by atoms with Crippen LogP contribution in [0.15, 0.2) is 24.3 Å². The number of carbonyl (C=O) groups is 2. The third-order valence-electron chi connectivity index (χ3n) is 4.48. The minimum atomic E-state index is -0.646. The minimum Gasteiger partial charge on any atom is -0.465 e. The molecule has 2 rings (SSSR count). The van der Waals surface area contributed by atoms with Crippen molar-refractivity contribution in [1.29, 1.82) is 0 Å². The number of rotatable bonds is 7. The standard InChI is InChI=1S/C19H26O3/c1-4-22-19(21)17(18(20)15-8-6-9-15)12-14-7-5-10-16(11-14)13(2)3/h5,7,10-11,13,15,17H,4,6,8-9,12H2,1-3H3. The van der Waals surface area contributed by atoms with Gasteiger partial charge in [-0.3, -0.25) is 9.59 Å². The molecule has 1 aliphatic rings. The van der Waals surface area contributed by atoms with Crippen LogP contribution in [0.3, 0.4) is 0 Å². The molecule has 1 fully saturated rings. The summed E-state index contributed by atoms with van der Waals surface area (Å²) in [6.07, 6.45) is 3.38. The van der Waals surface area contributed by atoms with Gasteiger partial charge < -0.3 is 4.74 Å². The van der Waals surface area contributed by atoms with E-state index in [0.29, 0.717) is 18.9 Å². The van der Waals surface area contributed by atoms with Gasteiger partial charge in [-0.25, -0.2) is 0 Å². The van der Waals surface area contributed by atoms with Gasteiger partial charge in [0.1, 0.15) is 5.92 Å². The van der Waals surface area contributed by atoms with E-state index < -0.39 is 5.92 Å². The van der Waals surface area contributed by atoms with Crippen LogP contribution < -0.4 is 0 Å². The van der Waals surface area contributed by atoms with Gasteiger partial charge in [0, 0.05) is 5.92 Å². The summed E-state index contributed by atoms with van der Waals surface area (Å²) in [5, 5.41) is 0. The summed E-state index contributed by atoms with van der Waals surface area (Å²) in [4.78, 5) is 24.8. The molecule has 0 amide bonds. The zero-order valence-corrected chi connectivity index (χ0v) is 13.8. The number of ether oxygens (including phenoxy) is 1. The summed E-state index contributed by atoms with van der Waals surface area (Å²) < 4.78 is 5.13. The number of hydrogen-bond donors (Lipinski definition) is 0. The second-order valence-electron chi connectivity index (χ2n) is 6.44. The van der Waals surface area contributed by atoms with E-state index in [1.807, 2.05) is 12.1 Å². The van der Waals surface area contributed by atoms with E-state index in [1.54, 1.807) is 6.92 Å². The summed E-state index contributed by atoms with van der Waals surface area (Å²) in [6, 6.07) is 8.18. The van der Waals surface area contributed by atoms with E-state index in [2.05, 4.69) is 26.0 Å². The number of hydrogen-bond acceptors (Lipinski definition) is 3. The first kappa shape index (κ1) is 16.7. The molecule has 0 heterocycles. The zero-order chi connectivity index (χ0) is 16.1. The third-order valence-corrected chi connectivity index (χ3v) is 4.48. The zero-order valence-electron chi connectivity index (χ0n) is 13.8. The minimum absolute atomic E-state index is 0.0580. The van der Waals surface area contributed by atoms with Gasteiger partial charge in [0.25, 0.3) is 0 Å². The van der Waals surface area contributed by atoms with Gasteiger partial charge in [-0.2, -0.15) is 0 Å². The predicted molar refractivity (Wildman–Crippen MR) is 86.7 cm³/mol. The Morgan fingerprint density at radius 3 is 2.55 bits per heavy atom. The lowest BCUT2D eigenvalue weighted by molar-refractivity contribution is -0.153. The molecule has 0 radical (unpaired) electrons. The number of carbonyl (C=O) groups excluding carboxylic acids is 2. The average Bonchev–Trinajstić information content (AvgIpc) is 2.43. The molecule has 22 heavy (non-hydrogen) atoms. The van der Waals surface area contributed by atoms with Crippen LogP contribution in [-0.4, -0.2) is 18.4 Å². The topological polar surface area (TPSA) is 43.4 Å². The Morgan fingerprint density at radius 1 is 1.27 bits per heavy atom. The molecule has 1 atom stereocenters. The Balaban J connectivity index is 2.16. The Labute approximate surface area is 133 Å². The van der Waals surface area contributed by atoms with E-state index in [4.69, 9.17) is 4.74 Å². The highest BCUT2D eigenvalue weighted by atomic mass is 16.5. The van der Waals surface area contributed by atoms with Crippen molar-refractivity contribution in [2.45, 2.75) is 52.4 Å². The van der Waals surface area contributed by atoms with Gasteiger partial charge in [-0.05, 0) is 43.2 Å². The van der Waals surface area contributed by atoms with E-state index in [-0.39, 0.29) is 17.7 Å². The molecule has 3 heteroatoms. The van der Waals surface area contributed by atoms with Crippen LogP contribution in [0.4, 0.5) is 0 Å². The molecule has 0 N–H and O–H groups in total. The molecule has 1 aromatic carbocycles. The molecule has 1 aromatic rings. The molecule has 0 bridgehead atoms. The fourth-order valence-electron chi connectivity index (χ4n) is 2.84. The first-order valence-electron chi connectivity index (χ1n) is 8.32. The van der Waals surface area contributed by atoms with Crippen molar-refractivity contribution in [2.75, 3.05) is 6.61 Å². The Bertz CT molecular complexity index is 529. The summed E-state index contributed by atoms with van der Waals surface area (Å²) in [5.41, 5.74) is 2.27. The molecular weight excluding hydrogens is 276 g/mol. The first-order chi connectivity index (χ1) is 10.5. The van der Waals surface area contributed by atoms with Crippen molar-refractivity contribution in [3.63, 3.8) is 0 Å². The van der Waals surface area contributed by atoms with E-state index in [1.165, 1.54) is 5.56 Å². The summed E-state index contributed by atoms with van der Waals surface area (Å²) >= 11 is 0. The molecule has 120 valence electrons. The maximum absolute atomic E-state index is 12.6. The van der Waals surface area contributed by atoms with Gasteiger partial charge in [0.2, 0.25) is 0 Å². The van der Waals surface area contributed by atoms with Crippen molar-refractivity contribution in [1.82, 2.24) is 0 Å². The normalized spacial score (nSPS) is 16.2. The summed E-state index contributed by atoms with van der Waals surface area (Å²) in [6.45, 7) is 6.38. The lowest BCUT2D eigenvalue weighted by atomic mass is 9.76. The lowest BCUT2D eigenvalue weighted by Gasteiger charge is -2.27. The van der Waals surface area contributed by atoms with Crippen molar-refractivity contribution in [3.8, 4) is 0 Å². The largest absolute Gasteiger partial charge is 0.465 e. The van der Waals surface area contributed by atoms with Crippen LogP contribution in [-0.2, 0) is 20.7 Å². The van der Waals surface area contributed by atoms with Crippen molar-refractivity contribution in [2.24, 2.45) is 11.8 Å². The molecule has 3 nitrogen and oxygen atoms in total. The SMILES string of the molecule is CCOC(=O)C(Cc1cccc(C(C)C)c1)C(=O)C1CCC1. The van der Waals surface area contributed by atoms with E-state index >= 15 is 0 Å². The van der Waals surface area contributed by atoms with Gasteiger partial charge in [0.05, 0.1) is 6.61 Å². The summed E-state index contributed by atoms with van der Waals surface area (Å²) in [5.74, 6) is -0.451. The van der Waals surface area contributed by atoms with Crippen molar-refractivity contribution < 1.29 is 14.3 Å². The fraction of sp³-hybridized carbons (Fsp3) is 0.579. The second kappa shape index (κ2) is 7.57. The Morgan fingerprint density at radius 2 is 2.00 bits per heavy atom. The van der Waals surface area contributed by atoms with Crippen molar-refractivity contribution in [3.05, 3.63) is 35.4 Å². The highest BCUT2D eigenvalue weighted by Gasteiger charge is 2.36. The average molecular weight is 302 g/mol. The van der Waals surface area contributed by atoms with Crippen LogP contribution in [0.25, 0.3) is 0 Å². The molecule has 1 aliphatic carbocycles. The molecule has 0 aliphatic heterocycles. The molecule has 0 aromatic heterocycles. The maximum atomic E-state index is 12.6. The Hall–Kier alpha value is -1.64. The molecule has 0 saturated heterocycles. The number of ketones is 1. The quantitative estimate of drug-likeness (QED) is 0.566.